The number of anilines is 1. The molecule has 1 aliphatic rings. The Morgan fingerprint density at radius 3 is 2.50 bits per heavy atom. The third kappa shape index (κ3) is 4.72. The Morgan fingerprint density at radius 2 is 1.91 bits per heavy atom. The molecule has 0 spiro atoms. The van der Waals surface area contributed by atoms with Crippen molar-refractivity contribution in [2.45, 2.75) is 24.0 Å². The van der Waals surface area contributed by atoms with E-state index in [4.69, 9.17) is 10.00 Å². The summed E-state index contributed by atoms with van der Waals surface area (Å²) in [4.78, 5) is 1.58. The van der Waals surface area contributed by atoms with Crippen LogP contribution in [0.25, 0.3) is 0 Å². The lowest BCUT2D eigenvalue weighted by atomic mass is 10.0. The summed E-state index contributed by atoms with van der Waals surface area (Å²) in [7, 11) is -2.53. The summed E-state index contributed by atoms with van der Waals surface area (Å²) in [6.45, 7) is 1.61. The van der Waals surface area contributed by atoms with Gasteiger partial charge < -0.3 is 9.64 Å². The van der Waals surface area contributed by atoms with Gasteiger partial charge in [-0.1, -0.05) is 0 Å². The Hall–Kier alpha value is -2.68. The fraction of sp³-hybridized carbons (Fsp3) is 0.381. The van der Waals surface area contributed by atoms with E-state index in [1.165, 1.54) is 36.5 Å². The van der Waals surface area contributed by atoms with Crippen LogP contribution in [-0.2, 0) is 20.9 Å². The van der Waals surface area contributed by atoms with E-state index in [0.29, 0.717) is 0 Å². The molecule has 0 amide bonds. The molecule has 1 heterocycles. The monoisotopic (exact) mass is 471 g/mol. The van der Waals surface area contributed by atoms with Crippen molar-refractivity contribution < 1.29 is 30.7 Å². The van der Waals surface area contributed by atoms with E-state index in [1.54, 1.807) is 11.0 Å². The number of sulfonamides is 1. The highest BCUT2D eigenvalue weighted by Gasteiger charge is 2.37. The maximum atomic E-state index is 13.6. The highest BCUT2D eigenvalue weighted by Crippen LogP contribution is 2.35. The topological polar surface area (TPSA) is 73.6 Å². The van der Waals surface area contributed by atoms with E-state index in [9.17, 15) is 26.0 Å². The number of nitrogens with zero attached hydrogens (tertiary/aromatic N) is 3. The van der Waals surface area contributed by atoms with E-state index in [2.05, 4.69) is 0 Å². The van der Waals surface area contributed by atoms with Gasteiger partial charge in [0.2, 0.25) is 10.0 Å². The van der Waals surface area contributed by atoms with Crippen LogP contribution >= 0.6 is 0 Å². The lowest BCUT2D eigenvalue weighted by molar-refractivity contribution is -0.137. The van der Waals surface area contributed by atoms with E-state index in [-0.39, 0.29) is 42.4 Å². The molecule has 0 aliphatic carbocycles. The number of benzene rings is 2. The molecule has 6 nitrogen and oxygen atoms in total. The van der Waals surface area contributed by atoms with Crippen LogP contribution in [0, 0.1) is 24.1 Å². The lowest BCUT2D eigenvalue weighted by Gasteiger charge is -2.42. The Kier molecular flexibility index (Phi) is 6.78. The van der Waals surface area contributed by atoms with Gasteiger partial charge in [-0.05, 0) is 48.9 Å². The summed E-state index contributed by atoms with van der Waals surface area (Å²) in [5.74, 6) is -0.521. The molecule has 0 bridgehead atoms. The average Bonchev–Trinajstić information content (AvgIpc) is 2.74. The fourth-order valence-electron chi connectivity index (χ4n) is 3.69. The zero-order valence-electron chi connectivity index (χ0n) is 17.4. The first-order chi connectivity index (χ1) is 15.0. The predicted octanol–water partition coefficient (Wildman–Crippen LogP) is 3.55. The number of halogens is 4. The number of hydrogen-bond acceptors (Lipinski definition) is 5. The zero-order chi connectivity index (χ0) is 23.7. The van der Waals surface area contributed by atoms with Gasteiger partial charge in [-0.15, -0.1) is 0 Å². The Morgan fingerprint density at radius 1 is 1.19 bits per heavy atom. The van der Waals surface area contributed by atoms with Crippen molar-refractivity contribution in [3.05, 3.63) is 58.9 Å². The van der Waals surface area contributed by atoms with E-state index in [1.807, 2.05) is 0 Å². The van der Waals surface area contributed by atoms with Crippen molar-refractivity contribution in [2.75, 3.05) is 38.3 Å². The van der Waals surface area contributed by atoms with Crippen LogP contribution in [0.2, 0.25) is 0 Å². The molecule has 1 fully saturated rings. The smallest absolute Gasteiger partial charge is 0.383 e. The molecule has 0 N–H and O–H groups in total. The molecule has 3 rings (SSSR count). The molecule has 0 aromatic heterocycles. The molecule has 1 saturated heterocycles. The van der Waals surface area contributed by atoms with Gasteiger partial charge in [-0.2, -0.15) is 22.7 Å². The van der Waals surface area contributed by atoms with Crippen LogP contribution in [0.5, 0.6) is 0 Å². The molecule has 1 unspecified atom stereocenters. The SMILES string of the molecule is COCC1CN(S(=O)(=O)c2ccc(F)c(C)c2)CCN1c1ccc(C#N)c(C(F)(F)F)c1. The maximum absolute atomic E-state index is 13.6. The summed E-state index contributed by atoms with van der Waals surface area (Å²) in [5.41, 5.74) is -1.13. The summed E-state index contributed by atoms with van der Waals surface area (Å²) >= 11 is 0. The Balaban J connectivity index is 1.92. The van der Waals surface area contributed by atoms with E-state index < -0.39 is 39.2 Å². The second kappa shape index (κ2) is 9.05. The molecule has 2 aromatic carbocycles. The minimum absolute atomic E-state index is 0.0142. The highest BCUT2D eigenvalue weighted by molar-refractivity contribution is 7.89. The van der Waals surface area contributed by atoms with Gasteiger partial charge in [0.05, 0.1) is 34.7 Å². The van der Waals surface area contributed by atoms with Crippen LogP contribution in [0.15, 0.2) is 41.3 Å². The summed E-state index contributed by atoms with van der Waals surface area (Å²) in [6.07, 6.45) is -4.70. The van der Waals surface area contributed by atoms with Gasteiger partial charge in [0.1, 0.15) is 5.82 Å². The lowest BCUT2D eigenvalue weighted by Crippen LogP contribution is -2.56. The first kappa shape index (κ1) is 24.0. The third-order valence-electron chi connectivity index (χ3n) is 5.33. The van der Waals surface area contributed by atoms with Crippen molar-refractivity contribution in [1.82, 2.24) is 4.31 Å². The van der Waals surface area contributed by atoms with Gasteiger partial charge in [-0.25, -0.2) is 12.8 Å². The normalized spacial score (nSPS) is 17.9. The molecule has 2 aromatic rings. The molecular formula is C21H21F4N3O3S. The van der Waals surface area contributed by atoms with Gasteiger partial charge in [0.15, 0.2) is 0 Å². The quantitative estimate of drug-likeness (QED) is 0.624. The highest BCUT2D eigenvalue weighted by atomic mass is 32.2. The van der Waals surface area contributed by atoms with Gasteiger partial charge >= 0.3 is 6.18 Å². The Bertz CT molecular complexity index is 1150. The molecule has 1 aliphatic heterocycles. The minimum Gasteiger partial charge on any atom is -0.383 e. The summed E-state index contributed by atoms with van der Waals surface area (Å²) in [6, 6.07) is 7.90. The second-order valence-corrected chi connectivity index (χ2v) is 9.35. The molecule has 11 heteroatoms. The van der Waals surface area contributed by atoms with Gasteiger partial charge in [0.25, 0.3) is 0 Å². The molecular weight excluding hydrogens is 450 g/mol. The van der Waals surface area contributed by atoms with Gasteiger partial charge in [0, 0.05) is 32.4 Å². The van der Waals surface area contributed by atoms with Crippen molar-refractivity contribution in [3.8, 4) is 6.07 Å². The third-order valence-corrected chi connectivity index (χ3v) is 7.19. The van der Waals surface area contributed by atoms with Crippen LogP contribution in [0.3, 0.4) is 0 Å². The number of nitriles is 1. The first-order valence-electron chi connectivity index (χ1n) is 9.62. The number of ether oxygens (including phenoxy) is 1. The predicted molar refractivity (Wildman–Crippen MR) is 109 cm³/mol. The Labute approximate surface area is 183 Å². The van der Waals surface area contributed by atoms with E-state index >= 15 is 0 Å². The molecule has 0 saturated carbocycles. The number of rotatable bonds is 5. The average molecular weight is 471 g/mol. The van der Waals surface area contributed by atoms with Crippen LogP contribution in [0.1, 0.15) is 16.7 Å². The molecule has 32 heavy (non-hydrogen) atoms. The number of methoxy groups -OCH3 is 1. The number of alkyl halides is 3. The number of hydrogen-bond donors (Lipinski definition) is 0. The molecule has 1 atom stereocenters. The number of piperazine rings is 1. The van der Waals surface area contributed by atoms with Gasteiger partial charge in [-0.3, -0.25) is 0 Å². The van der Waals surface area contributed by atoms with Crippen molar-refractivity contribution in [1.29, 1.82) is 5.26 Å². The molecule has 172 valence electrons. The standard InChI is InChI=1S/C21H21F4N3O3S/c1-14-9-18(5-6-20(14)22)32(29,30)27-7-8-28(17(12-27)13-31-2)16-4-3-15(11-26)19(10-16)21(23,24)25/h3-6,9-10,17H,7-8,12-13H2,1-2H3. The second-order valence-electron chi connectivity index (χ2n) is 7.42. The van der Waals surface area contributed by atoms with Crippen molar-refractivity contribution >= 4 is 15.7 Å². The molecule has 0 radical (unpaired) electrons. The van der Waals surface area contributed by atoms with Crippen LogP contribution in [-0.4, -0.2) is 52.1 Å². The fourth-order valence-corrected chi connectivity index (χ4v) is 5.24. The minimum atomic E-state index is -4.70. The first-order valence-corrected chi connectivity index (χ1v) is 11.1. The van der Waals surface area contributed by atoms with E-state index in [0.717, 1.165) is 18.2 Å². The van der Waals surface area contributed by atoms with Crippen molar-refractivity contribution in [3.63, 3.8) is 0 Å². The van der Waals surface area contributed by atoms with Crippen molar-refractivity contribution in [2.24, 2.45) is 0 Å². The summed E-state index contributed by atoms with van der Waals surface area (Å²) in [5, 5.41) is 9.01. The van der Waals surface area contributed by atoms with Crippen LogP contribution < -0.4 is 4.90 Å². The van der Waals surface area contributed by atoms with Crippen LogP contribution in [0.4, 0.5) is 23.2 Å². The maximum Gasteiger partial charge on any atom is 0.417 e. The number of aryl methyl sites for hydroxylation is 1. The summed E-state index contributed by atoms with van der Waals surface area (Å²) < 4.78 is 86.3. The largest absolute Gasteiger partial charge is 0.417 e. The zero-order valence-corrected chi connectivity index (χ0v) is 18.2.